The van der Waals surface area contributed by atoms with E-state index in [2.05, 4.69) is 5.32 Å². The molecule has 2 aromatic rings. The summed E-state index contributed by atoms with van der Waals surface area (Å²) in [7, 11) is 1.61. The number of fused-ring (bicyclic) bond motifs is 1. The van der Waals surface area contributed by atoms with E-state index in [0.29, 0.717) is 24.2 Å². The molecule has 0 aliphatic carbocycles. The molecule has 1 aliphatic rings. The second kappa shape index (κ2) is 10.00. The van der Waals surface area contributed by atoms with Crippen molar-refractivity contribution in [3.63, 3.8) is 0 Å². The molecule has 0 bridgehead atoms. The summed E-state index contributed by atoms with van der Waals surface area (Å²) in [6.45, 7) is 4.22. The molecule has 2 N–H and O–H groups in total. The molecule has 2 amide bonds. The molecule has 1 heterocycles. The van der Waals surface area contributed by atoms with Crippen molar-refractivity contribution in [3.05, 3.63) is 53.6 Å². The molecule has 2 aromatic carbocycles. The number of benzene rings is 2. The van der Waals surface area contributed by atoms with Gasteiger partial charge >= 0.3 is 0 Å². The quantitative estimate of drug-likeness (QED) is 0.702. The highest BCUT2D eigenvalue weighted by atomic mass is 32.2. The van der Waals surface area contributed by atoms with Gasteiger partial charge in [0, 0.05) is 29.2 Å². The molecule has 0 saturated carbocycles. The van der Waals surface area contributed by atoms with Gasteiger partial charge in [-0.25, -0.2) is 0 Å². The molecular weight excluding hydrogens is 400 g/mol. The zero-order valence-electron chi connectivity index (χ0n) is 17.6. The number of nitrogens with one attached hydrogen (secondary N) is 1. The van der Waals surface area contributed by atoms with Crippen LogP contribution in [0.25, 0.3) is 0 Å². The molecule has 0 spiro atoms. The molecule has 1 aliphatic heterocycles. The van der Waals surface area contributed by atoms with Gasteiger partial charge < -0.3 is 20.1 Å². The Morgan fingerprint density at radius 3 is 2.60 bits per heavy atom. The maximum atomic E-state index is 13.5. The number of hydrogen-bond donors (Lipinski definition) is 2. The highest BCUT2D eigenvalue weighted by Crippen LogP contribution is 2.32. The highest BCUT2D eigenvalue weighted by Gasteiger charge is 2.28. The van der Waals surface area contributed by atoms with E-state index in [9.17, 15) is 14.7 Å². The number of aliphatic hydroxyl groups is 1. The first-order valence-electron chi connectivity index (χ1n) is 10.0. The lowest BCUT2D eigenvalue weighted by Gasteiger charge is -2.33. The molecule has 0 unspecified atom stereocenters. The van der Waals surface area contributed by atoms with Crippen molar-refractivity contribution in [2.45, 2.75) is 37.8 Å². The number of rotatable bonds is 7. The monoisotopic (exact) mass is 428 g/mol. The fraction of sp³-hybridized carbons (Fsp3) is 0.391. The molecule has 0 radical (unpaired) electrons. The third kappa shape index (κ3) is 5.15. The lowest BCUT2D eigenvalue weighted by atomic mass is 10.0. The van der Waals surface area contributed by atoms with Crippen LogP contribution < -0.4 is 10.1 Å². The second-order valence-electron chi connectivity index (χ2n) is 7.63. The topological polar surface area (TPSA) is 78.9 Å². The van der Waals surface area contributed by atoms with Gasteiger partial charge in [0.1, 0.15) is 5.75 Å². The minimum absolute atomic E-state index is 0.0450. The largest absolute Gasteiger partial charge is 0.497 e. The lowest BCUT2D eigenvalue weighted by Crippen LogP contribution is -2.45. The molecule has 0 aromatic heterocycles. The van der Waals surface area contributed by atoms with Gasteiger partial charge in [-0.05, 0) is 41.8 Å². The van der Waals surface area contributed by atoms with Crippen LogP contribution in [0, 0.1) is 5.92 Å². The molecular formula is C23H28N2O4S. The molecule has 7 heteroatoms. The Kier molecular flexibility index (Phi) is 7.39. The third-order valence-corrected chi connectivity index (χ3v) is 6.29. The summed E-state index contributed by atoms with van der Waals surface area (Å²) in [5, 5.41) is 12.9. The smallest absolute Gasteiger partial charge is 0.254 e. The number of hydrogen-bond acceptors (Lipinski definition) is 5. The molecule has 160 valence electrons. The minimum atomic E-state index is -0.331. The van der Waals surface area contributed by atoms with Gasteiger partial charge in [-0.2, -0.15) is 0 Å². The summed E-state index contributed by atoms with van der Waals surface area (Å²) in [6.07, 6.45) is 0.451. The Morgan fingerprint density at radius 1 is 1.23 bits per heavy atom. The number of aliphatic hydroxyl groups excluding tert-OH is 1. The number of anilines is 1. The lowest BCUT2D eigenvalue weighted by molar-refractivity contribution is -0.115. The molecule has 3 rings (SSSR count). The molecule has 6 nitrogen and oxygen atoms in total. The van der Waals surface area contributed by atoms with Crippen molar-refractivity contribution in [3.8, 4) is 5.75 Å². The first-order chi connectivity index (χ1) is 14.4. The third-order valence-electron chi connectivity index (χ3n) is 5.22. The zero-order chi connectivity index (χ0) is 21.7. The van der Waals surface area contributed by atoms with Gasteiger partial charge in [-0.1, -0.05) is 26.0 Å². The van der Waals surface area contributed by atoms with Crippen LogP contribution in [0.3, 0.4) is 0 Å². The Labute approximate surface area is 181 Å². The van der Waals surface area contributed by atoms with Gasteiger partial charge in [0.25, 0.3) is 5.91 Å². The van der Waals surface area contributed by atoms with Crippen LogP contribution in [0.2, 0.25) is 0 Å². The Morgan fingerprint density at radius 2 is 1.97 bits per heavy atom. The van der Waals surface area contributed by atoms with Crippen molar-refractivity contribution in [1.29, 1.82) is 0 Å². The molecule has 0 fully saturated rings. The van der Waals surface area contributed by atoms with E-state index in [1.54, 1.807) is 35.9 Å². The number of carbonyl (C=O) groups is 2. The minimum Gasteiger partial charge on any atom is -0.497 e. The van der Waals surface area contributed by atoms with E-state index in [-0.39, 0.29) is 30.4 Å². The SMILES string of the molecule is COc1ccc(CN(C(=O)c2ccc3c(c2)NC(=O)CCS3)[C@H](CO)C(C)C)cc1. The summed E-state index contributed by atoms with van der Waals surface area (Å²) < 4.78 is 5.21. The normalized spacial score (nSPS) is 14.5. The summed E-state index contributed by atoms with van der Waals surface area (Å²) >= 11 is 1.60. The average Bonchev–Trinajstić information content (AvgIpc) is 2.93. The molecule has 30 heavy (non-hydrogen) atoms. The van der Waals surface area contributed by atoms with Gasteiger partial charge in [0.2, 0.25) is 5.91 Å². The summed E-state index contributed by atoms with van der Waals surface area (Å²) in [4.78, 5) is 28.1. The van der Waals surface area contributed by atoms with Crippen molar-refractivity contribution in [2.24, 2.45) is 5.92 Å². The number of ether oxygens (including phenoxy) is 1. The maximum absolute atomic E-state index is 13.5. The van der Waals surface area contributed by atoms with Crippen molar-refractivity contribution < 1.29 is 19.4 Å². The predicted octanol–water partition coefficient (Wildman–Crippen LogP) is 3.79. The summed E-state index contributed by atoms with van der Waals surface area (Å²) in [5.74, 6) is 1.32. The Balaban J connectivity index is 1.92. The van der Waals surface area contributed by atoms with E-state index in [1.807, 2.05) is 44.2 Å². The summed E-state index contributed by atoms with van der Waals surface area (Å²) in [6, 6.07) is 12.6. The van der Waals surface area contributed by atoms with Crippen molar-refractivity contribution in [2.75, 3.05) is 24.8 Å². The van der Waals surface area contributed by atoms with Gasteiger partial charge in [0.05, 0.1) is 25.4 Å². The van der Waals surface area contributed by atoms with E-state index in [4.69, 9.17) is 4.74 Å². The second-order valence-corrected chi connectivity index (χ2v) is 8.77. The summed E-state index contributed by atoms with van der Waals surface area (Å²) in [5.41, 5.74) is 2.11. The van der Waals surface area contributed by atoms with Gasteiger partial charge in [0.15, 0.2) is 0 Å². The van der Waals surface area contributed by atoms with E-state index >= 15 is 0 Å². The van der Waals surface area contributed by atoms with E-state index < -0.39 is 0 Å². The number of methoxy groups -OCH3 is 1. The zero-order valence-corrected chi connectivity index (χ0v) is 18.4. The van der Waals surface area contributed by atoms with Crippen molar-refractivity contribution >= 4 is 29.3 Å². The van der Waals surface area contributed by atoms with E-state index in [1.165, 1.54) is 0 Å². The van der Waals surface area contributed by atoms with E-state index in [0.717, 1.165) is 22.0 Å². The average molecular weight is 429 g/mol. The maximum Gasteiger partial charge on any atom is 0.254 e. The number of amides is 2. The van der Waals surface area contributed by atoms with Gasteiger partial charge in [-0.3, -0.25) is 9.59 Å². The molecule has 1 atom stereocenters. The van der Waals surface area contributed by atoms with Crippen LogP contribution >= 0.6 is 11.8 Å². The van der Waals surface area contributed by atoms with Crippen LogP contribution in [-0.2, 0) is 11.3 Å². The Bertz CT molecular complexity index is 899. The fourth-order valence-electron chi connectivity index (χ4n) is 3.46. The first-order valence-corrected chi connectivity index (χ1v) is 11.0. The fourth-order valence-corrected chi connectivity index (χ4v) is 4.39. The number of thioether (sulfide) groups is 1. The van der Waals surface area contributed by atoms with Gasteiger partial charge in [-0.15, -0.1) is 11.8 Å². The van der Waals surface area contributed by atoms with Crippen LogP contribution in [0.15, 0.2) is 47.4 Å². The Hall–Kier alpha value is -2.51. The standard InChI is InChI=1S/C23H28N2O4S/c1-15(2)20(14-26)25(13-16-4-7-18(29-3)8-5-16)23(28)17-6-9-21-19(12-17)24-22(27)10-11-30-21/h4-9,12,15,20,26H,10-11,13-14H2,1-3H3,(H,24,27)/t20-/m1/s1. The van der Waals surface area contributed by atoms with Crippen molar-refractivity contribution in [1.82, 2.24) is 4.90 Å². The van der Waals surface area contributed by atoms with Crippen LogP contribution in [0.4, 0.5) is 5.69 Å². The first kappa shape index (κ1) is 22.2. The number of nitrogens with zero attached hydrogens (tertiary/aromatic N) is 1. The number of carbonyl (C=O) groups excluding carboxylic acids is 2. The highest BCUT2D eigenvalue weighted by molar-refractivity contribution is 7.99. The van der Waals surface area contributed by atoms with Crippen LogP contribution in [0.1, 0.15) is 36.2 Å². The molecule has 0 saturated heterocycles. The van der Waals surface area contributed by atoms with Crippen LogP contribution in [0.5, 0.6) is 5.75 Å². The van der Waals surface area contributed by atoms with Crippen LogP contribution in [-0.4, -0.2) is 47.3 Å². The predicted molar refractivity (Wildman–Crippen MR) is 119 cm³/mol.